The summed E-state index contributed by atoms with van der Waals surface area (Å²) < 4.78 is 0. The highest BCUT2D eigenvalue weighted by Crippen LogP contribution is 2.28. The number of carbonyl (C=O) groups excluding carboxylic acids is 2. The van der Waals surface area contributed by atoms with Crippen molar-refractivity contribution in [3.63, 3.8) is 0 Å². The Morgan fingerprint density at radius 2 is 2.10 bits per heavy atom. The van der Waals surface area contributed by atoms with Crippen LogP contribution in [-0.4, -0.2) is 22.3 Å². The van der Waals surface area contributed by atoms with Crippen LogP contribution in [-0.2, 0) is 4.79 Å². The molecular formula is C13H16N4O2S. The van der Waals surface area contributed by atoms with Crippen molar-refractivity contribution in [1.29, 1.82) is 5.26 Å². The Morgan fingerprint density at radius 3 is 2.70 bits per heavy atom. The average molecular weight is 292 g/mol. The molecule has 20 heavy (non-hydrogen) atoms. The van der Waals surface area contributed by atoms with Crippen LogP contribution in [0, 0.1) is 11.3 Å². The number of thiazole rings is 1. The first-order valence-corrected chi connectivity index (χ1v) is 7.39. The Bertz CT molecular complexity index is 555. The van der Waals surface area contributed by atoms with Crippen molar-refractivity contribution in [3.8, 4) is 6.07 Å². The van der Waals surface area contributed by atoms with Crippen molar-refractivity contribution >= 4 is 28.3 Å². The standard InChI is InChI=1S/C13H16N4O2S/c1-9(18)15-12-16-10(7-20-12)11(19)17-13(8-14)5-3-2-4-6-13/h7H,2-6H2,1H3,(H,17,19)(H,15,16,18). The SMILES string of the molecule is CC(=O)Nc1nc(C(=O)NC2(C#N)CCCCC2)cs1. The van der Waals surface area contributed by atoms with Gasteiger partial charge in [-0.2, -0.15) is 5.26 Å². The van der Waals surface area contributed by atoms with Gasteiger partial charge >= 0.3 is 0 Å². The van der Waals surface area contributed by atoms with Crippen LogP contribution in [0.15, 0.2) is 5.38 Å². The largest absolute Gasteiger partial charge is 0.332 e. The molecule has 0 saturated heterocycles. The van der Waals surface area contributed by atoms with E-state index in [0.29, 0.717) is 18.0 Å². The second kappa shape index (κ2) is 6.01. The van der Waals surface area contributed by atoms with E-state index in [4.69, 9.17) is 0 Å². The molecule has 2 amide bonds. The Labute approximate surface area is 121 Å². The molecule has 0 atom stereocenters. The number of hydrogen-bond acceptors (Lipinski definition) is 5. The molecule has 0 radical (unpaired) electrons. The third-order valence-electron chi connectivity index (χ3n) is 3.29. The predicted octanol–water partition coefficient (Wildman–Crippen LogP) is 2.06. The fourth-order valence-corrected chi connectivity index (χ4v) is 3.02. The van der Waals surface area contributed by atoms with Crippen LogP contribution < -0.4 is 10.6 Å². The molecule has 1 heterocycles. The zero-order valence-corrected chi connectivity index (χ0v) is 12.0. The summed E-state index contributed by atoms with van der Waals surface area (Å²) in [5, 5.41) is 16.6. The van der Waals surface area contributed by atoms with Crippen LogP contribution in [0.2, 0.25) is 0 Å². The second-order valence-electron chi connectivity index (χ2n) is 4.93. The number of nitrogens with one attached hydrogen (secondary N) is 2. The smallest absolute Gasteiger partial charge is 0.272 e. The van der Waals surface area contributed by atoms with Crippen LogP contribution in [0.3, 0.4) is 0 Å². The van der Waals surface area contributed by atoms with Gasteiger partial charge < -0.3 is 10.6 Å². The molecule has 7 heteroatoms. The molecular weight excluding hydrogens is 276 g/mol. The van der Waals surface area contributed by atoms with Crippen molar-refractivity contribution in [2.24, 2.45) is 0 Å². The highest BCUT2D eigenvalue weighted by atomic mass is 32.1. The number of nitriles is 1. The van der Waals surface area contributed by atoms with Gasteiger partial charge in [0.25, 0.3) is 5.91 Å². The maximum absolute atomic E-state index is 12.1. The number of rotatable bonds is 3. The van der Waals surface area contributed by atoms with E-state index in [2.05, 4.69) is 21.7 Å². The molecule has 1 aliphatic carbocycles. The lowest BCUT2D eigenvalue weighted by molar-refractivity contribution is -0.114. The Morgan fingerprint density at radius 1 is 1.40 bits per heavy atom. The first kappa shape index (κ1) is 14.5. The number of amides is 2. The van der Waals surface area contributed by atoms with Crippen LogP contribution >= 0.6 is 11.3 Å². The summed E-state index contributed by atoms with van der Waals surface area (Å²) in [4.78, 5) is 27.1. The number of aromatic nitrogens is 1. The maximum Gasteiger partial charge on any atom is 0.272 e. The van der Waals surface area contributed by atoms with Crippen LogP contribution in [0.25, 0.3) is 0 Å². The Kier molecular flexibility index (Phi) is 4.35. The zero-order valence-electron chi connectivity index (χ0n) is 11.2. The topological polar surface area (TPSA) is 94.9 Å². The third kappa shape index (κ3) is 3.33. The van der Waals surface area contributed by atoms with Gasteiger partial charge in [-0.3, -0.25) is 9.59 Å². The molecule has 1 aromatic rings. The van der Waals surface area contributed by atoms with Crippen molar-refractivity contribution in [2.45, 2.75) is 44.6 Å². The minimum absolute atomic E-state index is 0.230. The van der Waals surface area contributed by atoms with Crippen molar-refractivity contribution in [1.82, 2.24) is 10.3 Å². The molecule has 0 unspecified atom stereocenters. The van der Waals surface area contributed by atoms with Gasteiger partial charge in [0.15, 0.2) is 5.13 Å². The summed E-state index contributed by atoms with van der Waals surface area (Å²) in [5.41, 5.74) is -0.536. The van der Waals surface area contributed by atoms with Gasteiger partial charge in [-0.05, 0) is 12.8 Å². The molecule has 6 nitrogen and oxygen atoms in total. The number of nitrogens with zero attached hydrogens (tertiary/aromatic N) is 2. The molecule has 1 aliphatic rings. The van der Waals surface area contributed by atoms with Gasteiger partial charge in [-0.15, -0.1) is 11.3 Å². The summed E-state index contributed by atoms with van der Waals surface area (Å²) >= 11 is 1.19. The molecule has 2 rings (SSSR count). The van der Waals surface area contributed by atoms with Crippen LogP contribution in [0.5, 0.6) is 0 Å². The van der Waals surface area contributed by atoms with Crippen molar-refractivity contribution < 1.29 is 9.59 Å². The first-order chi connectivity index (χ1) is 9.54. The monoisotopic (exact) mass is 292 g/mol. The third-order valence-corrected chi connectivity index (χ3v) is 4.05. The summed E-state index contributed by atoms with van der Waals surface area (Å²) in [5.74, 6) is -0.589. The Hall–Kier alpha value is -1.94. The molecule has 2 N–H and O–H groups in total. The minimum atomic E-state index is -0.771. The summed E-state index contributed by atoms with van der Waals surface area (Å²) in [7, 11) is 0. The van der Waals surface area contributed by atoms with Gasteiger partial charge in [0.05, 0.1) is 6.07 Å². The summed E-state index contributed by atoms with van der Waals surface area (Å²) in [6.45, 7) is 1.38. The lowest BCUT2D eigenvalue weighted by Crippen LogP contribution is -2.48. The molecule has 0 spiro atoms. The van der Waals surface area contributed by atoms with E-state index in [0.717, 1.165) is 19.3 Å². The summed E-state index contributed by atoms with van der Waals surface area (Å²) in [6, 6.07) is 2.23. The van der Waals surface area contributed by atoms with Crippen LogP contribution in [0.1, 0.15) is 49.5 Å². The maximum atomic E-state index is 12.1. The van der Waals surface area contributed by atoms with Gasteiger partial charge in [0, 0.05) is 12.3 Å². The average Bonchev–Trinajstić information content (AvgIpc) is 2.87. The first-order valence-electron chi connectivity index (χ1n) is 6.51. The lowest BCUT2D eigenvalue weighted by atomic mass is 9.83. The van der Waals surface area contributed by atoms with Gasteiger partial charge in [0.1, 0.15) is 11.2 Å². The van der Waals surface area contributed by atoms with E-state index < -0.39 is 5.54 Å². The van der Waals surface area contributed by atoms with E-state index in [-0.39, 0.29) is 17.5 Å². The van der Waals surface area contributed by atoms with Crippen LogP contribution in [0.4, 0.5) is 5.13 Å². The predicted molar refractivity (Wildman–Crippen MR) is 75.3 cm³/mol. The number of carbonyl (C=O) groups is 2. The van der Waals surface area contributed by atoms with Gasteiger partial charge in [-0.1, -0.05) is 19.3 Å². The van der Waals surface area contributed by atoms with Gasteiger partial charge in [-0.25, -0.2) is 4.98 Å². The quantitative estimate of drug-likeness (QED) is 0.891. The Balaban J connectivity index is 2.05. The fraction of sp³-hybridized carbons (Fsp3) is 0.538. The highest BCUT2D eigenvalue weighted by Gasteiger charge is 2.34. The molecule has 1 fully saturated rings. The lowest BCUT2D eigenvalue weighted by Gasteiger charge is -2.31. The normalized spacial score (nSPS) is 17.0. The highest BCUT2D eigenvalue weighted by molar-refractivity contribution is 7.14. The molecule has 0 aliphatic heterocycles. The second-order valence-corrected chi connectivity index (χ2v) is 5.79. The van der Waals surface area contributed by atoms with Crippen molar-refractivity contribution in [3.05, 3.63) is 11.1 Å². The zero-order chi connectivity index (χ0) is 14.6. The number of hydrogen-bond donors (Lipinski definition) is 2. The molecule has 1 saturated carbocycles. The molecule has 0 aromatic carbocycles. The molecule has 1 aromatic heterocycles. The molecule has 106 valence electrons. The van der Waals surface area contributed by atoms with E-state index in [1.54, 1.807) is 5.38 Å². The minimum Gasteiger partial charge on any atom is -0.332 e. The van der Waals surface area contributed by atoms with E-state index in [1.165, 1.54) is 18.3 Å². The van der Waals surface area contributed by atoms with Crippen molar-refractivity contribution in [2.75, 3.05) is 5.32 Å². The fourth-order valence-electron chi connectivity index (χ4n) is 2.29. The van der Waals surface area contributed by atoms with E-state index in [1.807, 2.05) is 0 Å². The molecule has 0 bridgehead atoms. The summed E-state index contributed by atoms with van der Waals surface area (Å²) in [6.07, 6.45) is 4.35. The van der Waals surface area contributed by atoms with E-state index in [9.17, 15) is 14.9 Å². The number of anilines is 1. The van der Waals surface area contributed by atoms with E-state index >= 15 is 0 Å². The van der Waals surface area contributed by atoms with Gasteiger partial charge in [0.2, 0.25) is 5.91 Å².